The summed E-state index contributed by atoms with van der Waals surface area (Å²) in [5.41, 5.74) is 0.798. The molecule has 3 aromatic rings. The second-order valence-corrected chi connectivity index (χ2v) is 9.83. The molecule has 1 amide bonds. The maximum atomic E-state index is 13.1. The monoisotopic (exact) mass is 423 g/mol. The number of hydrogen-bond donors (Lipinski definition) is 1. The van der Waals surface area contributed by atoms with Gasteiger partial charge in [-0.15, -0.1) is 22.7 Å². The van der Waals surface area contributed by atoms with Crippen molar-refractivity contribution in [3.8, 4) is 0 Å². The van der Waals surface area contributed by atoms with E-state index in [9.17, 15) is 17.6 Å². The van der Waals surface area contributed by atoms with Gasteiger partial charge in [-0.25, -0.2) is 17.8 Å². The van der Waals surface area contributed by atoms with E-state index in [1.807, 2.05) is 5.38 Å². The number of thiophene rings is 1. The molecule has 10 heteroatoms. The van der Waals surface area contributed by atoms with Gasteiger partial charge < -0.3 is 0 Å². The molecule has 1 aliphatic heterocycles. The predicted octanol–water partition coefficient (Wildman–Crippen LogP) is 3.34. The first-order valence-corrected chi connectivity index (χ1v) is 11.2. The first-order valence-electron chi connectivity index (χ1n) is 8.02. The van der Waals surface area contributed by atoms with Gasteiger partial charge in [-0.1, -0.05) is 6.07 Å². The van der Waals surface area contributed by atoms with Crippen molar-refractivity contribution in [1.82, 2.24) is 9.29 Å². The van der Waals surface area contributed by atoms with Gasteiger partial charge in [0, 0.05) is 17.8 Å². The van der Waals surface area contributed by atoms with Gasteiger partial charge in [-0.2, -0.15) is 4.31 Å². The molecule has 6 nitrogen and oxygen atoms in total. The molecule has 3 heterocycles. The van der Waals surface area contributed by atoms with E-state index in [-0.39, 0.29) is 23.9 Å². The number of rotatable bonds is 4. The van der Waals surface area contributed by atoms with Crippen LogP contribution in [-0.4, -0.2) is 30.2 Å². The fraction of sp³-hybridized carbons (Fsp3) is 0.176. The summed E-state index contributed by atoms with van der Waals surface area (Å²) in [4.78, 5) is 18.0. The minimum atomic E-state index is -3.71. The summed E-state index contributed by atoms with van der Waals surface area (Å²) in [6, 6.07) is 8.31. The van der Waals surface area contributed by atoms with Gasteiger partial charge in [0.15, 0.2) is 5.13 Å². The molecular weight excluding hydrogens is 409 g/mol. The minimum Gasteiger partial charge on any atom is -0.297 e. The Morgan fingerprint density at radius 3 is 2.70 bits per heavy atom. The number of fused-ring (bicyclic) bond motifs is 1. The van der Waals surface area contributed by atoms with Crippen LogP contribution in [0.5, 0.6) is 0 Å². The number of thiazole rings is 1. The van der Waals surface area contributed by atoms with Crippen molar-refractivity contribution in [1.29, 1.82) is 0 Å². The lowest BCUT2D eigenvalue weighted by molar-refractivity contribution is 0.103. The highest BCUT2D eigenvalue weighted by Gasteiger charge is 2.30. The van der Waals surface area contributed by atoms with E-state index >= 15 is 0 Å². The number of aromatic nitrogens is 1. The number of halogens is 1. The first-order chi connectivity index (χ1) is 12.9. The predicted molar refractivity (Wildman–Crippen MR) is 102 cm³/mol. The molecule has 0 spiro atoms. The van der Waals surface area contributed by atoms with Gasteiger partial charge in [0.1, 0.15) is 5.82 Å². The highest BCUT2D eigenvalue weighted by molar-refractivity contribution is 7.89. The molecule has 27 heavy (non-hydrogen) atoms. The van der Waals surface area contributed by atoms with Crippen LogP contribution in [0.3, 0.4) is 0 Å². The smallest absolute Gasteiger partial charge is 0.267 e. The molecule has 0 fully saturated rings. The summed E-state index contributed by atoms with van der Waals surface area (Å²) in [5, 5.41) is 5.04. The Labute approximate surface area is 163 Å². The molecular formula is C17H14FN3O3S3. The number of hydrogen-bond acceptors (Lipinski definition) is 6. The quantitative estimate of drug-likeness (QED) is 0.698. The Morgan fingerprint density at radius 1 is 1.22 bits per heavy atom. The number of carbonyl (C=O) groups is 1. The maximum Gasteiger partial charge on any atom is 0.267 e. The Balaban J connectivity index is 1.52. The second kappa shape index (κ2) is 7.12. The summed E-state index contributed by atoms with van der Waals surface area (Å²) >= 11 is 2.61. The summed E-state index contributed by atoms with van der Waals surface area (Å²) in [6.07, 6.45) is 0.459. The number of sulfonamides is 1. The molecule has 1 aromatic carbocycles. The lowest BCUT2D eigenvalue weighted by Gasteiger charge is -2.25. The highest BCUT2D eigenvalue weighted by atomic mass is 32.2. The fourth-order valence-electron chi connectivity index (χ4n) is 2.75. The van der Waals surface area contributed by atoms with Crippen molar-refractivity contribution >= 4 is 43.7 Å². The summed E-state index contributed by atoms with van der Waals surface area (Å²) in [7, 11) is -3.71. The van der Waals surface area contributed by atoms with Gasteiger partial charge in [-0.3, -0.25) is 10.1 Å². The van der Waals surface area contributed by atoms with Crippen LogP contribution in [0.1, 0.15) is 20.2 Å². The zero-order valence-electron chi connectivity index (χ0n) is 13.9. The van der Waals surface area contributed by atoms with E-state index in [1.54, 1.807) is 12.1 Å². The second-order valence-electron chi connectivity index (χ2n) is 5.86. The largest absolute Gasteiger partial charge is 0.297 e. The van der Waals surface area contributed by atoms with E-state index in [1.165, 1.54) is 39.1 Å². The zero-order chi connectivity index (χ0) is 19.0. The molecule has 0 bridgehead atoms. The van der Waals surface area contributed by atoms with Crippen LogP contribution >= 0.6 is 22.7 Å². The normalized spacial score (nSPS) is 14.7. The highest BCUT2D eigenvalue weighted by Crippen LogP contribution is 2.31. The molecule has 0 saturated heterocycles. The summed E-state index contributed by atoms with van der Waals surface area (Å²) < 4.78 is 40.0. The molecule has 0 atom stereocenters. The van der Waals surface area contributed by atoms with Crippen LogP contribution in [0.2, 0.25) is 0 Å². The lowest BCUT2D eigenvalue weighted by atomic mass is 10.2. The number of nitrogens with one attached hydrogen (secondary N) is 1. The molecule has 1 N–H and O–H groups in total. The average molecular weight is 424 g/mol. The topological polar surface area (TPSA) is 79.4 Å². The Hall–Kier alpha value is -2.14. The van der Waals surface area contributed by atoms with Gasteiger partial charge in [0.25, 0.3) is 5.91 Å². The van der Waals surface area contributed by atoms with E-state index in [2.05, 4.69) is 10.3 Å². The summed E-state index contributed by atoms with van der Waals surface area (Å²) in [6.45, 7) is 0.469. The molecule has 2 aromatic heterocycles. The molecule has 0 unspecified atom stereocenters. The third kappa shape index (κ3) is 3.65. The van der Waals surface area contributed by atoms with Crippen molar-refractivity contribution in [2.45, 2.75) is 17.9 Å². The molecule has 0 aliphatic carbocycles. The van der Waals surface area contributed by atoms with Crippen LogP contribution in [0.25, 0.3) is 0 Å². The summed E-state index contributed by atoms with van der Waals surface area (Å²) in [5.74, 6) is -0.713. The van der Waals surface area contributed by atoms with Crippen LogP contribution in [-0.2, 0) is 23.0 Å². The van der Waals surface area contributed by atoms with Gasteiger partial charge in [0.2, 0.25) is 10.0 Å². The molecule has 0 saturated carbocycles. The van der Waals surface area contributed by atoms with Gasteiger partial charge in [-0.05, 0) is 35.7 Å². The number of nitrogens with zero attached hydrogens (tertiary/aromatic N) is 2. The van der Waals surface area contributed by atoms with Crippen molar-refractivity contribution in [2.24, 2.45) is 0 Å². The van der Waals surface area contributed by atoms with Crippen molar-refractivity contribution in [3.05, 3.63) is 63.0 Å². The van der Waals surface area contributed by atoms with Gasteiger partial charge in [0.05, 0.1) is 22.0 Å². The first kappa shape index (κ1) is 18.2. The fourth-order valence-corrected chi connectivity index (χ4v) is 5.88. The Kier molecular flexibility index (Phi) is 4.81. The van der Waals surface area contributed by atoms with Crippen LogP contribution < -0.4 is 5.32 Å². The van der Waals surface area contributed by atoms with Crippen molar-refractivity contribution in [2.75, 3.05) is 11.9 Å². The Morgan fingerprint density at radius 2 is 2.00 bits per heavy atom. The number of carbonyl (C=O) groups excluding carboxylic acids is 1. The third-order valence-electron chi connectivity index (χ3n) is 4.11. The average Bonchev–Trinajstić information content (AvgIpc) is 3.30. The van der Waals surface area contributed by atoms with Crippen LogP contribution in [0.4, 0.5) is 9.52 Å². The number of amides is 1. The van der Waals surface area contributed by atoms with E-state index in [0.29, 0.717) is 16.4 Å². The van der Waals surface area contributed by atoms with Gasteiger partial charge >= 0.3 is 0 Å². The lowest BCUT2D eigenvalue weighted by Crippen LogP contribution is -2.35. The molecule has 1 aliphatic rings. The Bertz CT molecular complexity index is 1080. The third-order valence-corrected chi connectivity index (χ3v) is 7.84. The van der Waals surface area contributed by atoms with E-state index in [0.717, 1.165) is 22.7 Å². The van der Waals surface area contributed by atoms with Crippen LogP contribution in [0.15, 0.2) is 46.7 Å². The van der Waals surface area contributed by atoms with Crippen LogP contribution in [0, 0.1) is 5.82 Å². The maximum absolute atomic E-state index is 13.1. The number of benzene rings is 1. The molecule has 4 rings (SSSR count). The van der Waals surface area contributed by atoms with Crippen molar-refractivity contribution < 1.29 is 17.6 Å². The standard InChI is InChI=1S/C17H14FN3O3S3/c18-11-3-5-12(6-4-11)27(23,24)21-8-7-13-15(10-21)26-17(19-13)20-16(22)14-2-1-9-25-14/h1-6,9H,7-8,10H2,(H,19,20,22). The van der Waals surface area contributed by atoms with E-state index < -0.39 is 15.8 Å². The zero-order valence-corrected chi connectivity index (χ0v) is 16.3. The van der Waals surface area contributed by atoms with E-state index in [4.69, 9.17) is 0 Å². The van der Waals surface area contributed by atoms with Crippen molar-refractivity contribution in [3.63, 3.8) is 0 Å². The SMILES string of the molecule is O=C(Nc1nc2c(s1)CN(S(=O)(=O)c1ccc(F)cc1)CC2)c1cccs1. The minimum absolute atomic E-state index is 0.0584. The molecule has 140 valence electrons. The molecule has 0 radical (unpaired) electrons. The number of anilines is 1.